The van der Waals surface area contributed by atoms with Gasteiger partial charge in [-0.1, -0.05) is 30.0 Å². The van der Waals surface area contributed by atoms with Crippen LogP contribution in [0, 0.1) is 0 Å². The highest BCUT2D eigenvalue weighted by Crippen LogP contribution is 2.35. The van der Waals surface area contributed by atoms with Gasteiger partial charge in [0.15, 0.2) is 11.0 Å². The molecule has 3 heterocycles. The molecule has 0 bridgehead atoms. The van der Waals surface area contributed by atoms with Gasteiger partial charge in [-0.2, -0.15) is 0 Å². The first-order valence-corrected chi connectivity index (χ1v) is 10.5. The molecule has 4 rings (SSSR count). The second-order valence-corrected chi connectivity index (χ2v) is 7.73. The quantitative estimate of drug-likeness (QED) is 0.313. The summed E-state index contributed by atoms with van der Waals surface area (Å²) in [6.07, 6.45) is 0. The Labute approximate surface area is 175 Å². The van der Waals surface area contributed by atoms with Crippen LogP contribution in [0.2, 0.25) is 0 Å². The Morgan fingerprint density at radius 2 is 2.00 bits per heavy atom. The van der Waals surface area contributed by atoms with Gasteiger partial charge in [-0.25, -0.2) is 4.79 Å². The van der Waals surface area contributed by atoms with Gasteiger partial charge in [0.05, 0.1) is 30.5 Å². The average Bonchev–Trinajstić information content (AvgIpc) is 3.51. The van der Waals surface area contributed by atoms with Crippen molar-refractivity contribution < 1.29 is 18.7 Å². The number of carbonyl (C=O) groups excluding carboxylic acids is 1. The van der Waals surface area contributed by atoms with E-state index in [1.165, 1.54) is 18.9 Å². The fraction of sp³-hybridized carbons (Fsp3) is 0.150. The van der Waals surface area contributed by atoms with Crippen LogP contribution in [0.4, 0.5) is 0 Å². The van der Waals surface area contributed by atoms with Gasteiger partial charge in [-0.15, -0.1) is 21.5 Å². The van der Waals surface area contributed by atoms with Crippen molar-refractivity contribution in [1.29, 1.82) is 0 Å². The van der Waals surface area contributed by atoms with E-state index in [0.29, 0.717) is 16.7 Å². The van der Waals surface area contributed by atoms with Crippen molar-refractivity contribution in [2.75, 3.05) is 14.2 Å². The lowest BCUT2D eigenvalue weighted by atomic mass is 10.3. The van der Waals surface area contributed by atoms with Crippen molar-refractivity contribution >= 4 is 29.1 Å². The summed E-state index contributed by atoms with van der Waals surface area (Å²) in [4.78, 5) is 12.6. The van der Waals surface area contributed by atoms with Crippen molar-refractivity contribution in [2.24, 2.45) is 0 Å². The monoisotopic (exact) mass is 427 g/mol. The summed E-state index contributed by atoms with van der Waals surface area (Å²) < 4.78 is 17.8. The molecule has 0 unspecified atom stereocenters. The Morgan fingerprint density at radius 3 is 2.76 bits per heavy atom. The molecule has 3 aromatic heterocycles. The molecule has 7 nitrogen and oxygen atoms in total. The minimum absolute atomic E-state index is 0.175. The first-order chi connectivity index (χ1) is 14.2. The van der Waals surface area contributed by atoms with Gasteiger partial charge in [0, 0.05) is 0 Å². The zero-order valence-electron chi connectivity index (χ0n) is 15.7. The van der Waals surface area contributed by atoms with Crippen LogP contribution in [0.15, 0.2) is 63.5 Å². The molecular formula is C20H17N3O4S2. The Kier molecular flexibility index (Phi) is 5.68. The summed E-state index contributed by atoms with van der Waals surface area (Å²) in [5.41, 5.74) is 0.848. The second-order valence-electron chi connectivity index (χ2n) is 5.84. The molecule has 1 aromatic carbocycles. The first-order valence-electron chi connectivity index (χ1n) is 8.63. The molecule has 0 amide bonds. The number of thiophene rings is 1. The molecule has 0 saturated carbocycles. The van der Waals surface area contributed by atoms with Gasteiger partial charge < -0.3 is 13.9 Å². The Bertz CT molecular complexity index is 1120. The Hall–Kier alpha value is -3.04. The van der Waals surface area contributed by atoms with E-state index < -0.39 is 5.97 Å². The van der Waals surface area contributed by atoms with E-state index in [1.54, 1.807) is 30.6 Å². The van der Waals surface area contributed by atoms with Crippen LogP contribution in [0.3, 0.4) is 0 Å². The zero-order chi connectivity index (χ0) is 20.2. The van der Waals surface area contributed by atoms with Crippen molar-refractivity contribution in [3.8, 4) is 22.1 Å². The maximum atomic E-state index is 11.6. The number of esters is 1. The fourth-order valence-corrected chi connectivity index (χ4v) is 4.30. The number of hydrogen-bond donors (Lipinski definition) is 0. The third-order valence-electron chi connectivity index (χ3n) is 4.09. The molecule has 0 saturated heterocycles. The Balaban J connectivity index is 1.69. The summed E-state index contributed by atoms with van der Waals surface area (Å²) in [5.74, 6) is 2.25. The minimum Gasteiger partial charge on any atom is -0.495 e. The average molecular weight is 428 g/mol. The van der Waals surface area contributed by atoms with Crippen LogP contribution in [0.5, 0.6) is 5.75 Å². The SMILES string of the molecule is COC(=O)c1ccc(CSc2nnc(-c3cccs3)n2-c2ccccc2OC)o1. The topological polar surface area (TPSA) is 79.4 Å². The van der Waals surface area contributed by atoms with Crippen molar-refractivity contribution in [3.63, 3.8) is 0 Å². The summed E-state index contributed by atoms with van der Waals surface area (Å²) in [6.45, 7) is 0. The highest BCUT2D eigenvalue weighted by molar-refractivity contribution is 7.98. The molecule has 0 atom stereocenters. The van der Waals surface area contributed by atoms with Gasteiger partial charge in [0.2, 0.25) is 5.76 Å². The molecule has 0 aliphatic rings. The van der Waals surface area contributed by atoms with Crippen molar-refractivity contribution in [3.05, 3.63) is 65.4 Å². The molecule has 0 N–H and O–H groups in total. The molecule has 0 fully saturated rings. The lowest BCUT2D eigenvalue weighted by Crippen LogP contribution is -2.01. The molecule has 4 aromatic rings. The van der Waals surface area contributed by atoms with E-state index >= 15 is 0 Å². The predicted molar refractivity (Wildman–Crippen MR) is 111 cm³/mol. The van der Waals surface area contributed by atoms with Crippen LogP contribution in [-0.2, 0) is 10.5 Å². The standard InChI is InChI=1S/C20H17N3O4S2/c1-25-15-7-4-3-6-14(15)23-18(17-8-5-11-28-17)21-22-20(23)29-12-13-9-10-16(27-13)19(24)26-2/h3-11H,12H2,1-2H3. The van der Waals surface area contributed by atoms with E-state index in [2.05, 4.69) is 14.9 Å². The maximum absolute atomic E-state index is 11.6. The van der Waals surface area contributed by atoms with E-state index in [0.717, 1.165) is 22.1 Å². The number of para-hydroxylation sites is 2. The van der Waals surface area contributed by atoms with Gasteiger partial charge in [-0.3, -0.25) is 4.57 Å². The van der Waals surface area contributed by atoms with E-state index in [9.17, 15) is 4.79 Å². The number of furan rings is 1. The third-order valence-corrected chi connectivity index (χ3v) is 5.91. The lowest BCUT2D eigenvalue weighted by molar-refractivity contribution is 0.0563. The summed E-state index contributed by atoms with van der Waals surface area (Å²) >= 11 is 3.05. The third kappa shape index (κ3) is 3.92. The summed E-state index contributed by atoms with van der Waals surface area (Å²) in [6, 6.07) is 15.1. The number of rotatable bonds is 7. The molecular weight excluding hydrogens is 410 g/mol. The highest BCUT2D eigenvalue weighted by Gasteiger charge is 2.20. The van der Waals surface area contributed by atoms with Crippen LogP contribution >= 0.6 is 23.1 Å². The molecule has 0 aliphatic heterocycles. The van der Waals surface area contributed by atoms with Gasteiger partial charge in [-0.05, 0) is 35.7 Å². The largest absolute Gasteiger partial charge is 0.495 e. The predicted octanol–water partition coefficient (Wildman–Crippen LogP) is 4.68. The summed E-state index contributed by atoms with van der Waals surface area (Å²) in [7, 11) is 2.96. The lowest BCUT2D eigenvalue weighted by Gasteiger charge is -2.13. The number of carbonyl (C=O) groups is 1. The smallest absolute Gasteiger partial charge is 0.373 e. The second kappa shape index (κ2) is 8.54. The zero-order valence-corrected chi connectivity index (χ0v) is 17.3. The highest BCUT2D eigenvalue weighted by atomic mass is 32.2. The molecule has 0 spiro atoms. The molecule has 148 valence electrons. The number of ether oxygens (including phenoxy) is 2. The maximum Gasteiger partial charge on any atom is 0.373 e. The number of methoxy groups -OCH3 is 2. The number of nitrogens with zero attached hydrogens (tertiary/aromatic N) is 3. The van der Waals surface area contributed by atoms with Crippen LogP contribution in [0.1, 0.15) is 16.3 Å². The first kappa shape index (κ1) is 19.3. The van der Waals surface area contributed by atoms with Gasteiger partial charge >= 0.3 is 5.97 Å². The number of hydrogen-bond acceptors (Lipinski definition) is 8. The molecule has 0 radical (unpaired) electrons. The van der Waals surface area contributed by atoms with E-state index in [-0.39, 0.29) is 5.76 Å². The van der Waals surface area contributed by atoms with E-state index in [1.807, 2.05) is 46.3 Å². The minimum atomic E-state index is -0.501. The van der Waals surface area contributed by atoms with Gasteiger partial charge in [0.1, 0.15) is 11.5 Å². The molecule has 29 heavy (non-hydrogen) atoms. The van der Waals surface area contributed by atoms with Crippen molar-refractivity contribution in [2.45, 2.75) is 10.9 Å². The normalized spacial score (nSPS) is 10.8. The number of aromatic nitrogens is 3. The summed E-state index contributed by atoms with van der Waals surface area (Å²) in [5, 5.41) is 11.5. The molecule has 0 aliphatic carbocycles. The van der Waals surface area contributed by atoms with Crippen LogP contribution < -0.4 is 4.74 Å². The van der Waals surface area contributed by atoms with Crippen LogP contribution in [0.25, 0.3) is 16.4 Å². The van der Waals surface area contributed by atoms with E-state index in [4.69, 9.17) is 9.15 Å². The molecule has 9 heteroatoms. The van der Waals surface area contributed by atoms with Crippen LogP contribution in [-0.4, -0.2) is 35.0 Å². The van der Waals surface area contributed by atoms with Crippen molar-refractivity contribution in [1.82, 2.24) is 14.8 Å². The Morgan fingerprint density at radius 1 is 1.14 bits per heavy atom. The number of benzene rings is 1. The fourth-order valence-electron chi connectivity index (χ4n) is 2.76. The number of thioether (sulfide) groups is 1. The van der Waals surface area contributed by atoms with Gasteiger partial charge in [0.25, 0.3) is 0 Å².